The lowest BCUT2D eigenvalue weighted by molar-refractivity contribution is 0.302. The molecule has 0 saturated heterocycles. The van der Waals surface area contributed by atoms with E-state index >= 15 is 0 Å². The molecular weight excluding hydrogens is 356 g/mol. The Morgan fingerprint density at radius 3 is 2.74 bits per heavy atom. The molecule has 4 aromatic rings. The number of para-hydroxylation sites is 1. The van der Waals surface area contributed by atoms with Crippen LogP contribution in [0, 0.1) is 0 Å². The molecule has 0 aliphatic heterocycles. The molecule has 0 aliphatic carbocycles. The molecule has 4 nitrogen and oxygen atoms in total. The molecule has 4 rings (SSSR count). The van der Waals surface area contributed by atoms with E-state index in [0.29, 0.717) is 22.4 Å². The number of benzene rings is 2. The smallest absolute Gasteiger partial charge is 0.155 e. The minimum atomic E-state index is 0.455. The Labute approximate surface area is 139 Å². The average molecular weight is 367 g/mol. The summed E-state index contributed by atoms with van der Waals surface area (Å²) in [7, 11) is 0. The van der Waals surface area contributed by atoms with Crippen molar-refractivity contribution in [1.29, 1.82) is 0 Å². The summed E-state index contributed by atoms with van der Waals surface area (Å²) in [6.45, 7) is 0. The van der Waals surface area contributed by atoms with E-state index < -0.39 is 0 Å². The normalized spacial score (nSPS) is 12.1. The molecule has 2 aromatic heterocycles. The number of hydrogen-bond acceptors (Lipinski definition) is 4. The van der Waals surface area contributed by atoms with Gasteiger partial charge in [0.15, 0.2) is 5.76 Å². The molecule has 2 heterocycles. The Balaban J connectivity index is 2.01. The van der Waals surface area contributed by atoms with Gasteiger partial charge in [0.2, 0.25) is 0 Å². The van der Waals surface area contributed by atoms with Gasteiger partial charge < -0.3 is 9.62 Å². The summed E-state index contributed by atoms with van der Waals surface area (Å²) in [6, 6.07) is 17.0. The molecule has 0 spiro atoms. The highest BCUT2D eigenvalue weighted by Gasteiger charge is 2.09. The Kier molecular flexibility index (Phi) is 3.35. The molecule has 0 bridgehead atoms. The van der Waals surface area contributed by atoms with Crippen LogP contribution in [-0.4, -0.2) is 10.2 Å². The van der Waals surface area contributed by atoms with Gasteiger partial charge in [0, 0.05) is 27.5 Å². The highest BCUT2D eigenvalue weighted by molar-refractivity contribution is 9.10. The van der Waals surface area contributed by atoms with Crippen molar-refractivity contribution < 1.29 is 9.62 Å². The molecule has 0 unspecified atom stereocenters. The maximum absolute atomic E-state index is 9.28. The van der Waals surface area contributed by atoms with Crippen molar-refractivity contribution in [3.8, 4) is 11.5 Å². The SMILES string of the molecule is ON=c1cc(-c2cc3c(Br)cccc3cn2)oc2ccccc12. The van der Waals surface area contributed by atoms with Crippen LogP contribution in [0.3, 0.4) is 0 Å². The zero-order valence-corrected chi connectivity index (χ0v) is 13.5. The minimum absolute atomic E-state index is 0.455. The monoisotopic (exact) mass is 366 g/mol. The van der Waals surface area contributed by atoms with Crippen LogP contribution in [-0.2, 0) is 0 Å². The van der Waals surface area contributed by atoms with Gasteiger partial charge in [-0.25, -0.2) is 0 Å². The predicted molar refractivity (Wildman–Crippen MR) is 92.0 cm³/mol. The van der Waals surface area contributed by atoms with Gasteiger partial charge in [-0.3, -0.25) is 4.98 Å². The molecule has 0 aliphatic rings. The average Bonchev–Trinajstić information content (AvgIpc) is 2.61. The van der Waals surface area contributed by atoms with Gasteiger partial charge in [-0.2, -0.15) is 0 Å². The van der Waals surface area contributed by atoms with E-state index in [0.717, 1.165) is 20.6 Å². The maximum atomic E-state index is 9.28. The number of fused-ring (bicyclic) bond motifs is 2. The summed E-state index contributed by atoms with van der Waals surface area (Å²) in [5.74, 6) is 0.550. The van der Waals surface area contributed by atoms with Crippen LogP contribution in [0.1, 0.15) is 0 Å². The predicted octanol–water partition coefficient (Wildman–Crippen LogP) is 4.70. The Bertz CT molecular complexity index is 1100. The van der Waals surface area contributed by atoms with Crippen molar-refractivity contribution in [3.63, 3.8) is 0 Å². The summed E-state index contributed by atoms with van der Waals surface area (Å²) in [6.07, 6.45) is 1.80. The van der Waals surface area contributed by atoms with Gasteiger partial charge in [-0.15, -0.1) is 0 Å². The minimum Gasteiger partial charge on any atom is -0.454 e. The van der Waals surface area contributed by atoms with Gasteiger partial charge in [-0.1, -0.05) is 45.4 Å². The van der Waals surface area contributed by atoms with Gasteiger partial charge in [0.1, 0.15) is 16.6 Å². The quantitative estimate of drug-likeness (QED) is 0.392. The Morgan fingerprint density at radius 1 is 1.00 bits per heavy atom. The van der Waals surface area contributed by atoms with Gasteiger partial charge >= 0.3 is 0 Å². The number of aromatic nitrogens is 1. The number of pyridine rings is 1. The fraction of sp³-hybridized carbons (Fsp3) is 0. The van der Waals surface area contributed by atoms with Gasteiger partial charge in [0.25, 0.3) is 0 Å². The summed E-state index contributed by atoms with van der Waals surface area (Å²) < 4.78 is 6.92. The summed E-state index contributed by atoms with van der Waals surface area (Å²) in [5, 5.41) is 15.9. The fourth-order valence-corrected chi connectivity index (χ4v) is 3.09. The standard InChI is InChI=1S/C18H11BrN2O2/c19-14-6-3-4-11-10-20-16(8-13(11)14)18-9-15(21-22)12-5-1-2-7-17(12)23-18/h1-10,22H. The third-order valence-corrected chi connectivity index (χ3v) is 4.41. The van der Waals surface area contributed by atoms with E-state index in [1.54, 1.807) is 12.3 Å². The lowest BCUT2D eigenvalue weighted by Gasteiger charge is -2.06. The molecule has 2 aromatic carbocycles. The van der Waals surface area contributed by atoms with Crippen LogP contribution in [0.5, 0.6) is 0 Å². The van der Waals surface area contributed by atoms with Crippen molar-refractivity contribution in [1.82, 2.24) is 4.98 Å². The van der Waals surface area contributed by atoms with Crippen LogP contribution in [0.15, 0.2) is 74.8 Å². The van der Waals surface area contributed by atoms with Crippen LogP contribution in [0.2, 0.25) is 0 Å². The summed E-state index contributed by atoms with van der Waals surface area (Å²) in [4.78, 5) is 4.46. The van der Waals surface area contributed by atoms with Crippen LogP contribution in [0.4, 0.5) is 0 Å². The molecule has 112 valence electrons. The molecule has 23 heavy (non-hydrogen) atoms. The molecule has 0 fully saturated rings. The molecule has 1 N–H and O–H groups in total. The number of hydrogen-bond donors (Lipinski definition) is 1. The summed E-state index contributed by atoms with van der Waals surface area (Å²) >= 11 is 3.55. The lowest BCUT2D eigenvalue weighted by Crippen LogP contribution is -2.03. The Morgan fingerprint density at radius 2 is 1.87 bits per heavy atom. The summed E-state index contributed by atoms with van der Waals surface area (Å²) in [5.41, 5.74) is 1.33. The maximum Gasteiger partial charge on any atom is 0.155 e. The van der Waals surface area contributed by atoms with E-state index in [-0.39, 0.29) is 0 Å². The first-order chi connectivity index (χ1) is 11.3. The number of rotatable bonds is 1. The third kappa shape index (κ3) is 2.39. The second kappa shape index (κ2) is 5.52. The molecule has 0 saturated carbocycles. The zero-order chi connectivity index (χ0) is 15.8. The van der Waals surface area contributed by atoms with E-state index in [1.807, 2.05) is 48.5 Å². The first-order valence-electron chi connectivity index (χ1n) is 7.02. The van der Waals surface area contributed by atoms with Gasteiger partial charge in [0.05, 0.1) is 0 Å². The molecule has 5 heteroatoms. The van der Waals surface area contributed by atoms with E-state index in [4.69, 9.17) is 4.42 Å². The number of halogens is 1. The van der Waals surface area contributed by atoms with E-state index in [9.17, 15) is 5.21 Å². The molecular formula is C18H11BrN2O2. The second-order valence-corrected chi connectivity index (χ2v) is 5.98. The Hall–Kier alpha value is -2.66. The molecule has 0 radical (unpaired) electrons. The van der Waals surface area contributed by atoms with Crippen molar-refractivity contribution in [2.45, 2.75) is 0 Å². The van der Waals surface area contributed by atoms with Crippen molar-refractivity contribution in [2.24, 2.45) is 5.16 Å². The topological polar surface area (TPSA) is 58.6 Å². The first-order valence-corrected chi connectivity index (χ1v) is 7.81. The molecule has 0 atom stereocenters. The van der Waals surface area contributed by atoms with Crippen molar-refractivity contribution in [2.75, 3.05) is 0 Å². The second-order valence-electron chi connectivity index (χ2n) is 5.12. The van der Waals surface area contributed by atoms with E-state index in [1.165, 1.54) is 0 Å². The fourth-order valence-electron chi connectivity index (χ4n) is 2.59. The molecule has 0 amide bonds. The first kappa shape index (κ1) is 14.0. The lowest BCUT2D eigenvalue weighted by atomic mass is 10.1. The van der Waals surface area contributed by atoms with Crippen LogP contribution in [0.25, 0.3) is 33.2 Å². The van der Waals surface area contributed by atoms with Crippen LogP contribution >= 0.6 is 15.9 Å². The zero-order valence-electron chi connectivity index (χ0n) is 11.9. The van der Waals surface area contributed by atoms with E-state index in [2.05, 4.69) is 26.1 Å². The largest absolute Gasteiger partial charge is 0.454 e. The van der Waals surface area contributed by atoms with Crippen molar-refractivity contribution in [3.05, 3.63) is 70.6 Å². The van der Waals surface area contributed by atoms with Crippen molar-refractivity contribution >= 4 is 37.7 Å². The van der Waals surface area contributed by atoms with Gasteiger partial charge in [-0.05, 0) is 29.7 Å². The highest BCUT2D eigenvalue weighted by Crippen LogP contribution is 2.28. The number of nitrogens with zero attached hydrogens (tertiary/aromatic N) is 2. The third-order valence-electron chi connectivity index (χ3n) is 3.72. The highest BCUT2D eigenvalue weighted by atomic mass is 79.9. The van der Waals surface area contributed by atoms with Crippen LogP contribution < -0.4 is 5.36 Å².